The van der Waals surface area contributed by atoms with E-state index in [4.69, 9.17) is 10.9 Å². The molecule has 1 heterocycles. The van der Waals surface area contributed by atoms with Gasteiger partial charge < -0.3 is 16.3 Å². The summed E-state index contributed by atoms with van der Waals surface area (Å²) in [5, 5.41) is 15.9. The van der Waals surface area contributed by atoms with Crippen LogP contribution in [0.25, 0.3) is 10.9 Å². The van der Waals surface area contributed by atoms with E-state index in [0.717, 1.165) is 40.4 Å². The third-order valence-corrected chi connectivity index (χ3v) is 3.41. The molecule has 0 saturated carbocycles. The van der Waals surface area contributed by atoms with E-state index in [1.54, 1.807) is 6.20 Å². The molecule has 106 valence electrons. The number of anilines is 1. The third kappa shape index (κ3) is 3.84. The van der Waals surface area contributed by atoms with Crippen LogP contribution in [0.5, 0.6) is 0 Å². The molecule has 1 aromatic carbocycles. The molecule has 0 radical (unpaired) electrons. The topological polar surface area (TPSA) is 83.5 Å². The molecule has 20 heavy (non-hydrogen) atoms. The number of nitrogens with zero attached hydrogens (tertiary/aromatic N) is 2. The number of nitrogens with two attached hydrogens (primary N) is 1. The van der Waals surface area contributed by atoms with Crippen LogP contribution >= 0.6 is 15.9 Å². The van der Waals surface area contributed by atoms with Gasteiger partial charge >= 0.3 is 0 Å². The normalized spacial score (nSPS) is 11.8. The highest BCUT2D eigenvalue weighted by molar-refractivity contribution is 9.10. The van der Waals surface area contributed by atoms with Gasteiger partial charge in [0, 0.05) is 29.0 Å². The maximum atomic E-state index is 8.45. The second-order valence-corrected chi connectivity index (χ2v) is 5.42. The highest BCUT2D eigenvalue weighted by Gasteiger charge is 2.02. The van der Waals surface area contributed by atoms with Gasteiger partial charge in [0.15, 0.2) is 0 Å². The number of nitrogens with one attached hydrogen (secondary N) is 1. The number of hydrogen-bond acceptors (Lipinski definition) is 4. The summed E-state index contributed by atoms with van der Waals surface area (Å²) >= 11 is 3.42. The summed E-state index contributed by atoms with van der Waals surface area (Å²) in [7, 11) is 0. The van der Waals surface area contributed by atoms with Gasteiger partial charge in [0.1, 0.15) is 5.84 Å². The minimum atomic E-state index is 0.279. The van der Waals surface area contributed by atoms with Crippen molar-refractivity contribution in [2.45, 2.75) is 19.3 Å². The molecule has 2 rings (SSSR count). The van der Waals surface area contributed by atoms with Gasteiger partial charge in [0.05, 0.1) is 11.2 Å². The lowest BCUT2D eigenvalue weighted by Gasteiger charge is -2.09. The van der Waals surface area contributed by atoms with Gasteiger partial charge in [0.25, 0.3) is 0 Å². The zero-order valence-corrected chi connectivity index (χ0v) is 12.6. The highest BCUT2D eigenvalue weighted by Crippen LogP contribution is 2.23. The lowest BCUT2D eigenvalue weighted by molar-refractivity contribution is 0.316. The lowest BCUT2D eigenvalue weighted by atomic mass is 10.2. The van der Waals surface area contributed by atoms with Crippen LogP contribution in [-0.2, 0) is 0 Å². The number of halogens is 1. The summed E-state index contributed by atoms with van der Waals surface area (Å²) in [4.78, 5) is 4.44. The molecule has 0 saturated heterocycles. The first kappa shape index (κ1) is 14.6. The van der Waals surface area contributed by atoms with Crippen molar-refractivity contribution in [2.24, 2.45) is 10.9 Å². The number of pyridine rings is 1. The molecule has 0 aliphatic heterocycles. The smallest absolute Gasteiger partial charge is 0.139 e. The second kappa shape index (κ2) is 7.09. The van der Waals surface area contributed by atoms with E-state index in [2.05, 4.69) is 31.4 Å². The molecule has 0 fully saturated rings. The third-order valence-electron chi connectivity index (χ3n) is 2.98. The molecule has 0 aliphatic rings. The number of rotatable bonds is 6. The van der Waals surface area contributed by atoms with E-state index in [1.807, 2.05) is 24.3 Å². The number of para-hydroxylation sites is 1. The van der Waals surface area contributed by atoms with Crippen molar-refractivity contribution in [2.75, 3.05) is 11.9 Å². The van der Waals surface area contributed by atoms with Crippen molar-refractivity contribution >= 4 is 38.4 Å². The Labute approximate surface area is 126 Å². The van der Waals surface area contributed by atoms with E-state index in [0.29, 0.717) is 6.42 Å². The molecule has 0 amide bonds. The van der Waals surface area contributed by atoms with E-state index in [1.165, 1.54) is 0 Å². The first-order valence-electron chi connectivity index (χ1n) is 6.45. The number of hydrogen-bond donors (Lipinski definition) is 3. The minimum absolute atomic E-state index is 0.279. The molecule has 5 nitrogen and oxygen atoms in total. The molecule has 0 atom stereocenters. The van der Waals surface area contributed by atoms with E-state index >= 15 is 0 Å². The van der Waals surface area contributed by atoms with Crippen LogP contribution in [0, 0.1) is 0 Å². The Morgan fingerprint density at radius 3 is 3.05 bits per heavy atom. The van der Waals surface area contributed by atoms with Crippen molar-refractivity contribution in [3.05, 3.63) is 34.9 Å². The van der Waals surface area contributed by atoms with Crippen LogP contribution in [0.4, 0.5) is 5.69 Å². The van der Waals surface area contributed by atoms with Gasteiger partial charge in [0.2, 0.25) is 0 Å². The molecule has 6 heteroatoms. The van der Waals surface area contributed by atoms with Gasteiger partial charge in [-0.3, -0.25) is 4.98 Å². The van der Waals surface area contributed by atoms with E-state index in [9.17, 15) is 0 Å². The SMILES string of the molecule is N/C(CCCCNc1cccc2cc(Br)cnc12)=N/O. The number of benzene rings is 1. The summed E-state index contributed by atoms with van der Waals surface area (Å²) in [6.45, 7) is 0.829. The standard InChI is InChI=1S/C14H17BrN4O/c15-11-8-10-4-3-5-12(14(10)18-9-11)17-7-2-1-6-13(16)19-20/h3-5,8-9,17,20H,1-2,6-7H2,(H2,16,19). The van der Waals surface area contributed by atoms with Gasteiger partial charge in [-0.2, -0.15) is 0 Å². The summed E-state index contributed by atoms with van der Waals surface area (Å²) in [6, 6.07) is 8.12. The fraction of sp³-hybridized carbons (Fsp3) is 0.286. The maximum absolute atomic E-state index is 8.45. The number of aromatic nitrogens is 1. The lowest BCUT2D eigenvalue weighted by Crippen LogP contribution is -2.12. The molecular formula is C14H17BrN4O. The Balaban J connectivity index is 1.93. The Morgan fingerprint density at radius 2 is 2.25 bits per heavy atom. The van der Waals surface area contributed by atoms with Crippen molar-refractivity contribution in [1.29, 1.82) is 0 Å². The molecular weight excluding hydrogens is 320 g/mol. The fourth-order valence-electron chi connectivity index (χ4n) is 1.98. The number of amidine groups is 1. The monoisotopic (exact) mass is 336 g/mol. The zero-order valence-electron chi connectivity index (χ0n) is 11.0. The molecule has 4 N–H and O–H groups in total. The maximum Gasteiger partial charge on any atom is 0.139 e. The summed E-state index contributed by atoms with van der Waals surface area (Å²) in [5.41, 5.74) is 7.41. The highest BCUT2D eigenvalue weighted by atomic mass is 79.9. The van der Waals surface area contributed by atoms with Crippen LogP contribution < -0.4 is 11.1 Å². The van der Waals surface area contributed by atoms with Crippen molar-refractivity contribution in [3.63, 3.8) is 0 Å². The second-order valence-electron chi connectivity index (χ2n) is 4.51. The van der Waals surface area contributed by atoms with Crippen molar-refractivity contribution < 1.29 is 5.21 Å². The van der Waals surface area contributed by atoms with Gasteiger partial charge in [-0.25, -0.2) is 0 Å². The summed E-state index contributed by atoms with van der Waals surface area (Å²) in [5.74, 6) is 0.279. The number of oxime groups is 1. The van der Waals surface area contributed by atoms with Crippen molar-refractivity contribution in [3.8, 4) is 0 Å². The zero-order chi connectivity index (χ0) is 14.4. The molecule has 0 spiro atoms. The molecule has 0 unspecified atom stereocenters. The van der Waals surface area contributed by atoms with E-state index < -0.39 is 0 Å². The predicted octanol–water partition coefficient (Wildman–Crippen LogP) is 3.33. The van der Waals surface area contributed by atoms with E-state index in [-0.39, 0.29) is 5.84 Å². The Morgan fingerprint density at radius 1 is 1.40 bits per heavy atom. The van der Waals surface area contributed by atoms with Crippen LogP contribution in [0.3, 0.4) is 0 Å². The average Bonchev–Trinajstić information content (AvgIpc) is 2.46. The summed E-state index contributed by atoms with van der Waals surface area (Å²) < 4.78 is 0.973. The van der Waals surface area contributed by atoms with Crippen LogP contribution in [0.1, 0.15) is 19.3 Å². The predicted molar refractivity (Wildman–Crippen MR) is 85.2 cm³/mol. The minimum Gasteiger partial charge on any atom is -0.409 e. The van der Waals surface area contributed by atoms with Gasteiger partial charge in [-0.05, 0) is 40.9 Å². The van der Waals surface area contributed by atoms with Crippen LogP contribution in [0.15, 0.2) is 40.1 Å². The molecule has 0 bridgehead atoms. The largest absolute Gasteiger partial charge is 0.409 e. The Bertz CT molecular complexity index is 615. The first-order chi connectivity index (χ1) is 9.70. The Kier molecular flexibility index (Phi) is 5.17. The number of fused-ring (bicyclic) bond motifs is 1. The van der Waals surface area contributed by atoms with Crippen molar-refractivity contribution in [1.82, 2.24) is 4.98 Å². The molecule has 2 aromatic rings. The summed E-state index contributed by atoms with van der Waals surface area (Å²) in [6.07, 6.45) is 4.24. The first-order valence-corrected chi connectivity index (χ1v) is 7.24. The van der Waals surface area contributed by atoms with Crippen LogP contribution in [-0.4, -0.2) is 22.6 Å². The fourth-order valence-corrected chi connectivity index (χ4v) is 2.33. The van der Waals surface area contributed by atoms with Crippen LogP contribution in [0.2, 0.25) is 0 Å². The quantitative estimate of drug-likeness (QED) is 0.248. The molecule has 1 aromatic heterocycles. The number of unbranched alkanes of at least 4 members (excludes halogenated alkanes) is 1. The molecule has 0 aliphatic carbocycles. The Hall–Kier alpha value is -1.82. The van der Waals surface area contributed by atoms with Gasteiger partial charge in [-0.1, -0.05) is 17.3 Å². The van der Waals surface area contributed by atoms with Gasteiger partial charge in [-0.15, -0.1) is 0 Å². The average molecular weight is 337 g/mol.